The summed E-state index contributed by atoms with van der Waals surface area (Å²) in [7, 11) is 1.63. The van der Waals surface area contributed by atoms with E-state index >= 15 is 0 Å². The summed E-state index contributed by atoms with van der Waals surface area (Å²) in [5.41, 5.74) is 2.40. The molecule has 0 saturated heterocycles. The third-order valence-electron chi connectivity index (χ3n) is 4.22. The van der Waals surface area contributed by atoms with Crippen molar-refractivity contribution in [1.29, 1.82) is 0 Å². The zero-order chi connectivity index (χ0) is 18.7. The third-order valence-corrected chi connectivity index (χ3v) is 4.22. The van der Waals surface area contributed by atoms with E-state index < -0.39 is 12.1 Å². The first-order valence-corrected chi connectivity index (χ1v) is 8.28. The Morgan fingerprint density at radius 2 is 2.08 bits per heavy atom. The van der Waals surface area contributed by atoms with Gasteiger partial charge in [0, 0.05) is 44.6 Å². The van der Waals surface area contributed by atoms with Gasteiger partial charge in [-0.15, -0.1) is 0 Å². The van der Waals surface area contributed by atoms with Crippen LogP contribution < -0.4 is 4.90 Å². The number of nitrogens with zero attached hydrogens (tertiary/aromatic N) is 6. The Labute approximate surface area is 150 Å². The molecule has 10 heteroatoms. The normalized spacial score (nSPS) is 15.5. The minimum Gasteiger partial charge on any atom is -0.480 e. The maximum Gasteiger partial charge on any atom is 0.323 e. The smallest absolute Gasteiger partial charge is 0.323 e. The summed E-state index contributed by atoms with van der Waals surface area (Å²) in [4.78, 5) is 22.9. The van der Waals surface area contributed by atoms with Crippen LogP contribution in [0.2, 0.25) is 0 Å². The number of hydrogen-bond donors (Lipinski definition) is 3. The quantitative estimate of drug-likeness (QED) is 0.582. The number of likely N-dealkylation sites (N-methyl/N-ethyl adjacent to an activating group) is 1. The van der Waals surface area contributed by atoms with E-state index in [-0.39, 0.29) is 13.2 Å². The first-order chi connectivity index (χ1) is 12.5. The number of aliphatic hydroxyl groups is 2. The Morgan fingerprint density at radius 3 is 2.73 bits per heavy atom. The van der Waals surface area contributed by atoms with E-state index in [0.29, 0.717) is 31.3 Å². The number of carboxylic acids is 1. The number of fused-ring (bicyclic) bond motifs is 1. The number of aromatic nitrogens is 4. The average Bonchev–Trinajstić information content (AvgIpc) is 3.04. The molecule has 3 rings (SSSR count). The van der Waals surface area contributed by atoms with Crippen LogP contribution in [0.15, 0.2) is 18.5 Å². The highest BCUT2D eigenvalue weighted by Crippen LogP contribution is 2.19. The lowest BCUT2D eigenvalue weighted by Gasteiger charge is -2.27. The summed E-state index contributed by atoms with van der Waals surface area (Å²) >= 11 is 0. The molecule has 26 heavy (non-hydrogen) atoms. The lowest BCUT2D eigenvalue weighted by molar-refractivity contribution is -0.135. The molecule has 140 valence electrons. The fourth-order valence-corrected chi connectivity index (χ4v) is 2.89. The van der Waals surface area contributed by atoms with E-state index in [1.165, 1.54) is 4.90 Å². The van der Waals surface area contributed by atoms with E-state index in [4.69, 9.17) is 10.2 Å². The Hall–Kier alpha value is -2.56. The van der Waals surface area contributed by atoms with E-state index in [1.807, 2.05) is 10.7 Å². The van der Waals surface area contributed by atoms with E-state index in [0.717, 1.165) is 17.8 Å². The van der Waals surface area contributed by atoms with Gasteiger partial charge in [0.2, 0.25) is 5.95 Å². The largest absolute Gasteiger partial charge is 0.480 e. The fourth-order valence-electron chi connectivity index (χ4n) is 2.89. The molecule has 0 aromatic carbocycles. The minimum atomic E-state index is -0.953. The number of carboxylic acid groups (broad SMARTS) is 1. The molecule has 10 nitrogen and oxygen atoms in total. The maximum atomic E-state index is 10.7. The van der Waals surface area contributed by atoms with Crippen LogP contribution in [-0.2, 0) is 24.4 Å². The SMILES string of the molecule is CN(CC(=O)O)c1ncc(CN2CCn3nc([C@H](O)CO)cc3C2)cn1. The second-order valence-electron chi connectivity index (χ2n) is 6.33. The summed E-state index contributed by atoms with van der Waals surface area (Å²) in [5, 5.41) is 31.9. The summed E-state index contributed by atoms with van der Waals surface area (Å²) in [6.45, 7) is 2.33. The molecule has 3 heterocycles. The lowest BCUT2D eigenvalue weighted by atomic mass is 10.2. The molecule has 1 aliphatic heterocycles. The molecule has 3 N–H and O–H groups in total. The molecule has 1 aliphatic rings. The maximum absolute atomic E-state index is 10.7. The van der Waals surface area contributed by atoms with Crippen LogP contribution in [0.4, 0.5) is 5.95 Å². The van der Waals surface area contributed by atoms with Crippen molar-refractivity contribution in [3.63, 3.8) is 0 Å². The van der Waals surface area contributed by atoms with Crippen LogP contribution in [0.5, 0.6) is 0 Å². The monoisotopic (exact) mass is 362 g/mol. The standard InChI is InChI=1S/C16H22N6O4/c1-20(9-15(25)26)16-17-5-11(6-18-16)7-21-2-3-22-12(8-21)4-13(19-22)14(24)10-23/h4-6,14,23-24H,2-3,7-10H2,1H3,(H,25,26)/t14-/m1/s1. The van der Waals surface area contributed by atoms with Crippen LogP contribution in [0.1, 0.15) is 23.1 Å². The van der Waals surface area contributed by atoms with Crippen LogP contribution in [-0.4, -0.2) is 72.7 Å². The van der Waals surface area contributed by atoms with Crippen LogP contribution in [0.25, 0.3) is 0 Å². The van der Waals surface area contributed by atoms with Gasteiger partial charge in [0.25, 0.3) is 0 Å². The van der Waals surface area contributed by atoms with Crippen LogP contribution in [0.3, 0.4) is 0 Å². The molecule has 0 spiro atoms. The molecule has 2 aromatic rings. The third kappa shape index (κ3) is 4.15. The first kappa shape index (κ1) is 18.2. The molecule has 0 fully saturated rings. The fraction of sp³-hybridized carbons (Fsp3) is 0.500. The second-order valence-corrected chi connectivity index (χ2v) is 6.33. The van der Waals surface area contributed by atoms with Gasteiger partial charge in [-0.25, -0.2) is 9.97 Å². The highest BCUT2D eigenvalue weighted by Gasteiger charge is 2.21. The summed E-state index contributed by atoms with van der Waals surface area (Å²) in [6.07, 6.45) is 2.45. The van der Waals surface area contributed by atoms with Crippen molar-refractivity contribution in [1.82, 2.24) is 24.6 Å². The number of hydrogen-bond acceptors (Lipinski definition) is 8. The molecule has 1 atom stereocenters. The highest BCUT2D eigenvalue weighted by atomic mass is 16.4. The molecule has 0 unspecified atom stereocenters. The Kier molecular flexibility index (Phi) is 5.45. The second kappa shape index (κ2) is 7.77. The van der Waals surface area contributed by atoms with Crippen LogP contribution in [0, 0.1) is 0 Å². The number of aliphatic hydroxyl groups excluding tert-OH is 2. The van der Waals surface area contributed by atoms with E-state index in [2.05, 4.69) is 20.0 Å². The predicted octanol–water partition coefficient (Wildman–Crippen LogP) is -0.765. The van der Waals surface area contributed by atoms with Gasteiger partial charge in [0.1, 0.15) is 12.6 Å². The molecular weight excluding hydrogens is 340 g/mol. The number of rotatable bonds is 7. The van der Waals surface area contributed by atoms with E-state index in [1.54, 1.807) is 19.4 Å². The molecule has 0 amide bonds. The molecule has 2 aromatic heterocycles. The van der Waals surface area contributed by atoms with Gasteiger partial charge in [0.15, 0.2) is 0 Å². The Bertz CT molecular complexity index is 763. The predicted molar refractivity (Wildman–Crippen MR) is 91.3 cm³/mol. The van der Waals surface area contributed by atoms with Gasteiger partial charge in [0.05, 0.1) is 24.5 Å². The molecule has 0 bridgehead atoms. The minimum absolute atomic E-state index is 0.155. The number of carbonyl (C=O) groups is 1. The summed E-state index contributed by atoms with van der Waals surface area (Å²) < 4.78 is 1.85. The van der Waals surface area contributed by atoms with Crippen molar-refractivity contribution in [2.45, 2.75) is 25.7 Å². The van der Waals surface area contributed by atoms with Gasteiger partial charge in [-0.2, -0.15) is 5.10 Å². The summed E-state index contributed by atoms with van der Waals surface area (Å²) in [6, 6.07) is 1.81. The van der Waals surface area contributed by atoms with Crippen molar-refractivity contribution in [2.24, 2.45) is 0 Å². The van der Waals surface area contributed by atoms with Crippen molar-refractivity contribution < 1.29 is 20.1 Å². The number of anilines is 1. The topological polar surface area (TPSA) is 128 Å². The average molecular weight is 362 g/mol. The van der Waals surface area contributed by atoms with Crippen molar-refractivity contribution in [3.05, 3.63) is 35.4 Å². The molecule has 0 radical (unpaired) electrons. The van der Waals surface area contributed by atoms with Gasteiger partial charge < -0.3 is 20.2 Å². The van der Waals surface area contributed by atoms with Crippen molar-refractivity contribution in [2.75, 3.05) is 31.6 Å². The zero-order valence-corrected chi connectivity index (χ0v) is 14.5. The zero-order valence-electron chi connectivity index (χ0n) is 14.5. The van der Waals surface area contributed by atoms with Crippen molar-refractivity contribution in [3.8, 4) is 0 Å². The van der Waals surface area contributed by atoms with Gasteiger partial charge in [-0.3, -0.25) is 14.4 Å². The molecule has 0 saturated carbocycles. The first-order valence-electron chi connectivity index (χ1n) is 8.28. The summed E-state index contributed by atoms with van der Waals surface area (Å²) in [5.74, 6) is -0.564. The Balaban J connectivity index is 1.61. The molecular formula is C16H22N6O4. The highest BCUT2D eigenvalue weighted by molar-refractivity contribution is 5.72. The number of aliphatic carboxylic acids is 1. The Morgan fingerprint density at radius 1 is 1.35 bits per heavy atom. The van der Waals surface area contributed by atoms with E-state index in [9.17, 15) is 9.90 Å². The van der Waals surface area contributed by atoms with Gasteiger partial charge >= 0.3 is 5.97 Å². The van der Waals surface area contributed by atoms with Crippen molar-refractivity contribution >= 4 is 11.9 Å². The van der Waals surface area contributed by atoms with Gasteiger partial charge in [-0.05, 0) is 6.07 Å². The lowest BCUT2D eigenvalue weighted by Crippen LogP contribution is -2.33. The molecule has 0 aliphatic carbocycles. The van der Waals surface area contributed by atoms with Crippen LogP contribution >= 0.6 is 0 Å². The van der Waals surface area contributed by atoms with Gasteiger partial charge in [-0.1, -0.05) is 0 Å².